The molecule has 26 heavy (non-hydrogen) atoms. The molecule has 2 saturated carbocycles. The first kappa shape index (κ1) is 16.7. The Morgan fingerprint density at radius 3 is 3.08 bits per heavy atom. The summed E-state index contributed by atoms with van der Waals surface area (Å²) in [4.78, 5) is 6.91. The average Bonchev–Trinajstić information content (AvgIpc) is 3.33. The normalized spacial score (nSPS) is 32.2. The Bertz CT molecular complexity index is 774. The largest absolute Gasteiger partial charge is 0.378 e. The Labute approximate surface area is 154 Å². The summed E-state index contributed by atoms with van der Waals surface area (Å²) in [5, 5.41) is 8.68. The van der Waals surface area contributed by atoms with Gasteiger partial charge >= 0.3 is 0 Å². The first-order valence-electron chi connectivity index (χ1n) is 9.96. The van der Waals surface area contributed by atoms with E-state index in [0.717, 1.165) is 68.0 Å². The molecule has 6 heteroatoms. The maximum atomic E-state index is 6.25. The molecule has 0 amide bonds. The van der Waals surface area contributed by atoms with Gasteiger partial charge in [-0.1, -0.05) is 0 Å². The molecular formula is C20H28N4O2. The molecule has 3 heterocycles. The Balaban J connectivity index is 1.33. The highest BCUT2D eigenvalue weighted by atomic mass is 16.5. The number of fused-ring (bicyclic) bond motifs is 2. The van der Waals surface area contributed by atoms with Crippen LogP contribution in [0.15, 0.2) is 18.3 Å². The predicted molar refractivity (Wildman–Crippen MR) is 98.8 cm³/mol. The number of nitrogens with one attached hydrogen (secondary N) is 1. The molecule has 0 unspecified atom stereocenters. The highest BCUT2D eigenvalue weighted by Gasteiger charge is 2.51. The summed E-state index contributed by atoms with van der Waals surface area (Å²) in [7, 11) is 1.89. The van der Waals surface area contributed by atoms with E-state index in [1.807, 2.05) is 13.2 Å². The minimum Gasteiger partial charge on any atom is -0.378 e. The molecule has 1 N–H and O–H groups in total. The fraction of sp³-hybridized carbons (Fsp3) is 0.700. The van der Waals surface area contributed by atoms with Crippen LogP contribution in [0.1, 0.15) is 44.2 Å². The van der Waals surface area contributed by atoms with Crippen molar-refractivity contribution in [2.24, 2.45) is 5.92 Å². The molecule has 2 aliphatic carbocycles. The van der Waals surface area contributed by atoms with E-state index in [-0.39, 0.29) is 5.60 Å². The number of H-pyrrole nitrogens is 1. The zero-order valence-electron chi connectivity index (χ0n) is 15.5. The van der Waals surface area contributed by atoms with E-state index in [1.54, 1.807) is 6.20 Å². The SMILES string of the molecule is CO[C@@]12CC[C@@H](OCC3CC3)C[C@@H]1N(Cc1[nH]nc3ncccc13)CC2. The minimum absolute atomic E-state index is 0.00643. The molecule has 3 fully saturated rings. The zero-order valence-corrected chi connectivity index (χ0v) is 15.5. The Kier molecular flexibility index (Phi) is 4.22. The van der Waals surface area contributed by atoms with E-state index in [1.165, 1.54) is 12.8 Å². The van der Waals surface area contributed by atoms with Crippen LogP contribution in [-0.2, 0) is 16.0 Å². The number of ether oxygens (including phenoxy) is 2. The van der Waals surface area contributed by atoms with Gasteiger partial charge in [0.25, 0.3) is 0 Å². The van der Waals surface area contributed by atoms with Crippen LogP contribution < -0.4 is 0 Å². The van der Waals surface area contributed by atoms with Crippen molar-refractivity contribution in [3.05, 3.63) is 24.0 Å². The summed E-state index contributed by atoms with van der Waals surface area (Å²) in [6.07, 6.45) is 9.29. The molecule has 2 aromatic heterocycles. The second-order valence-electron chi connectivity index (χ2n) is 8.25. The van der Waals surface area contributed by atoms with Gasteiger partial charge in [-0.15, -0.1) is 0 Å². The van der Waals surface area contributed by atoms with E-state index in [0.29, 0.717) is 12.1 Å². The molecule has 2 aromatic rings. The van der Waals surface area contributed by atoms with Gasteiger partial charge in [0, 0.05) is 44.4 Å². The van der Waals surface area contributed by atoms with Crippen LogP contribution in [0.3, 0.4) is 0 Å². The fourth-order valence-corrected chi connectivity index (χ4v) is 4.88. The van der Waals surface area contributed by atoms with E-state index in [4.69, 9.17) is 9.47 Å². The number of hydrogen-bond donors (Lipinski definition) is 1. The van der Waals surface area contributed by atoms with Crippen LogP contribution in [0.2, 0.25) is 0 Å². The molecule has 5 rings (SSSR count). The molecule has 3 atom stereocenters. The molecule has 140 valence electrons. The van der Waals surface area contributed by atoms with Crippen molar-refractivity contribution in [2.45, 2.75) is 62.8 Å². The Morgan fingerprint density at radius 2 is 2.23 bits per heavy atom. The summed E-state index contributed by atoms with van der Waals surface area (Å²) in [6, 6.07) is 4.50. The van der Waals surface area contributed by atoms with Crippen LogP contribution >= 0.6 is 0 Å². The number of aromatic amines is 1. The zero-order chi connectivity index (χ0) is 17.6. The maximum absolute atomic E-state index is 6.25. The van der Waals surface area contributed by atoms with Crippen molar-refractivity contribution >= 4 is 11.0 Å². The van der Waals surface area contributed by atoms with Gasteiger partial charge in [0.15, 0.2) is 5.65 Å². The van der Waals surface area contributed by atoms with E-state index >= 15 is 0 Å². The molecule has 0 bridgehead atoms. The lowest BCUT2D eigenvalue weighted by Crippen LogP contribution is -2.51. The number of nitrogens with zero attached hydrogens (tertiary/aromatic N) is 3. The van der Waals surface area contributed by atoms with Gasteiger partial charge in [0.1, 0.15) is 0 Å². The van der Waals surface area contributed by atoms with E-state index in [9.17, 15) is 0 Å². The standard InChI is InChI=1S/C20H28N4O2/c1-25-20-7-6-15(26-13-14-4-5-14)11-18(20)24(10-8-20)12-17-16-3-2-9-21-19(16)23-22-17/h2-3,9,14-15,18H,4-8,10-13H2,1H3,(H,21,22,23)/t15-,18+,20-/m1/s1. The third-order valence-corrected chi connectivity index (χ3v) is 6.69. The highest BCUT2D eigenvalue weighted by Crippen LogP contribution is 2.44. The van der Waals surface area contributed by atoms with Crippen molar-refractivity contribution < 1.29 is 9.47 Å². The highest BCUT2D eigenvalue weighted by molar-refractivity contribution is 5.77. The van der Waals surface area contributed by atoms with E-state index in [2.05, 4.69) is 26.1 Å². The maximum Gasteiger partial charge on any atom is 0.181 e. The summed E-state index contributed by atoms with van der Waals surface area (Å²) >= 11 is 0. The molecular weight excluding hydrogens is 328 g/mol. The lowest BCUT2D eigenvalue weighted by molar-refractivity contribution is -0.103. The van der Waals surface area contributed by atoms with Gasteiger partial charge in [-0.05, 0) is 56.6 Å². The van der Waals surface area contributed by atoms with Crippen LogP contribution in [0.25, 0.3) is 11.0 Å². The van der Waals surface area contributed by atoms with Gasteiger partial charge in [-0.2, -0.15) is 5.10 Å². The summed E-state index contributed by atoms with van der Waals surface area (Å²) in [5.74, 6) is 0.827. The summed E-state index contributed by atoms with van der Waals surface area (Å²) in [5.41, 5.74) is 1.95. The lowest BCUT2D eigenvalue weighted by Gasteiger charge is -2.43. The van der Waals surface area contributed by atoms with E-state index < -0.39 is 0 Å². The van der Waals surface area contributed by atoms with Gasteiger partial charge in [-0.25, -0.2) is 4.98 Å². The fourth-order valence-electron chi connectivity index (χ4n) is 4.88. The van der Waals surface area contributed by atoms with Crippen LogP contribution in [0.4, 0.5) is 0 Å². The van der Waals surface area contributed by atoms with Crippen LogP contribution in [0.5, 0.6) is 0 Å². The van der Waals surface area contributed by atoms with Gasteiger partial charge in [0.05, 0.1) is 17.4 Å². The predicted octanol–water partition coefficient (Wildman–Crippen LogP) is 2.90. The molecule has 1 saturated heterocycles. The first-order valence-corrected chi connectivity index (χ1v) is 9.96. The summed E-state index contributed by atoms with van der Waals surface area (Å²) < 4.78 is 12.3. The smallest absolute Gasteiger partial charge is 0.181 e. The second kappa shape index (κ2) is 6.59. The topological polar surface area (TPSA) is 63.3 Å². The number of aromatic nitrogens is 3. The molecule has 0 aromatic carbocycles. The van der Waals surface area contributed by atoms with Crippen molar-refractivity contribution in [1.82, 2.24) is 20.1 Å². The van der Waals surface area contributed by atoms with Crippen LogP contribution in [-0.4, -0.2) is 58.1 Å². The first-order chi connectivity index (χ1) is 12.8. The second-order valence-corrected chi connectivity index (χ2v) is 8.25. The molecule has 3 aliphatic rings. The van der Waals surface area contributed by atoms with Crippen molar-refractivity contribution in [3.63, 3.8) is 0 Å². The number of hydrogen-bond acceptors (Lipinski definition) is 5. The molecule has 6 nitrogen and oxygen atoms in total. The Morgan fingerprint density at radius 1 is 1.31 bits per heavy atom. The monoisotopic (exact) mass is 356 g/mol. The Hall–Kier alpha value is -1.50. The summed E-state index contributed by atoms with van der Waals surface area (Å²) in [6.45, 7) is 2.89. The third kappa shape index (κ3) is 2.94. The minimum atomic E-state index is -0.00643. The number of rotatable bonds is 6. The lowest BCUT2D eigenvalue weighted by atomic mass is 9.79. The van der Waals surface area contributed by atoms with Crippen molar-refractivity contribution in [3.8, 4) is 0 Å². The number of pyridine rings is 1. The van der Waals surface area contributed by atoms with Gasteiger partial charge < -0.3 is 9.47 Å². The average molecular weight is 356 g/mol. The van der Waals surface area contributed by atoms with Gasteiger partial charge in [-0.3, -0.25) is 10.00 Å². The van der Waals surface area contributed by atoms with Crippen LogP contribution in [0, 0.1) is 5.92 Å². The third-order valence-electron chi connectivity index (χ3n) is 6.69. The molecule has 0 radical (unpaired) electrons. The van der Waals surface area contributed by atoms with Gasteiger partial charge in [0.2, 0.25) is 0 Å². The van der Waals surface area contributed by atoms with Crippen molar-refractivity contribution in [1.29, 1.82) is 0 Å². The quantitative estimate of drug-likeness (QED) is 0.862. The number of methoxy groups -OCH3 is 1. The molecule has 0 spiro atoms. The molecule has 1 aliphatic heterocycles. The number of likely N-dealkylation sites (tertiary alicyclic amines) is 1. The van der Waals surface area contributed by atoms with Crippen molar-refractivity contribution in [2.75, 3.05) is 20.3 Å².